The van der Waals surface area contributed by atoms with E-state index in [1.165, 1.54) is 6.42 Å². The number of piperidine rings is 4. The summed E-state index contributed by atoms with van der Waals surface area (Å²) in [5.41, 5.74) is 0.218. The zero-order chi connectivity index (χ0) is 24.6. The van der Waals surface area contributed by atoms with Crippen LogP contribution in [0.3, 0.4) is 0 Å². The van der Waals surface area contributed by atoms with Gasteiger partial charge in [0, 0.05) is 29.2 Å². The van der Waals surface area contributed by atoms with Crippen molar-refractivity contribution in [1.82, 2.24) is 15.0 Å². The van der Waals surface area contributed by atoms with Gasteiger partial charge in [0.05, 0.1) is 13.1 Å². The Bertz CT molecular complexity index is 1170. The Morgan fingerprint density at radius 3 is 2.59 bits per heavy atom. The van der Waals surface area contributed by atoms with Gasteiger partial charge in [-0.3, -0.25) is 4.90 Å². The molecule has 1 unspecified atom stereocenters. The van der Waals surface area contributed by atoms with Crippen LogP contribution in [0.2, 0.25) is 0 Å². The van der Waals surface area contributed by atoms with Crippen LogP contribution in [0.4, 0.5) is 0 Å². The van der Waals surface area contributed by atoms with E-state index < -0.39 is 5.54 Å². The molecule has 4 saturated heterocycles. The van der Waals surface area contributed by atoms with Crippen LogP contribution >= 0.6 is 11.3 Å². The maximum atomic E-state index is 13.9. The molecule has 7 rings (SSSR count). The highest BCUT2D eigenvalue weighted by Gasteiger charge is 2.51. The molecule has 9 heteroatoms. The molecule has 7 nitrogen and oxygen atoms in total. The number of likely N-dealkylation sites (tertiary alicyclic amines) is 1. The summed E-state index contributed by atoms with van der Waals surface area (Å²) in [5, 5.41) is 6.37. The van der Waals surface area contributed by atoms with Crippen molar-refractivity contribution in [1.29, 1.82) is 0 Å². The Hall–Kier alpha value is -2.26. The highest BCUT2D eigenvalue weighted by molar-refractivity contribution is 7.10. The summed E-state index contributed by atoms with van der Waals surface area (Å²) >= 11 is 1.66. The van der Waals surface area contributed by atoms with Crippen LogP contribution in [0.1, 0.15) is 49.7 Å². The van der Waals surface area contributed by atoms with Gasteiger partial charge in [0.1, 0.15) is 13.1 Å². The summed E-state index contributed by atoms with van der Waals surface area (Å²) in [5.74, 6) is 1.64. The highest BCUT2D eigenvalue weighted by Crippen LogP contribution is 2.40. The second-order valence-corrected chi connectivity index (χ2v) is 11.8. The molecule has 2 bridgehead atoms. The van der Waals surface area contributed by atoms with E-state index in [0.29, 0.717) is 18.4 Å². The Balaban J connectivity index is 0.00000280. The quantitative estimate of drug-likeness (QED) is 0.335. The maximum absolute atomic E-state index is 13.9. The second kappa shape index (κ2) is 10.8. The van der Waals surface area contributed by atoms with Crippen molar-refractivity contribution in [2.75, 3.05) is 32.7 Å². The molecule has 4 aliphatic rings. The monoisotopic (exact) mass is 542 g/mol. The number of thiophene rings is 1. The van der Waals surface area contributed by atoms with Crippen molar-refractivity contribution in [2.45, 2.75) is 57.2 Å². The van der Waals surface area contributed by atoms with Gasteiger partial charge < -0.3 is 26.2 Å². The predicted octanol–water partition coefficient (Wildman–Crippen LogP) is 1.86. The van der Waals surface area contributed by atoms with Gasteiger partial charge >= 0.3 is 5.97 Å². The van der Waals surface area contributed by atoms with Crippen LogP contribution in [0.5, 0.6) is 0 Å². The molecule has 0 saturated carbocycles. The van der Waals surface area contributed by atoms with Crippen LogP contribution < -0.4 is 12.4 Å². The summed E-state index contributed by atoms with van der Waals surface area (Å²) in [6.07, 6.45) is 5.58. The number of hydrogen-bond acceptors (Lipinski definition) is 7. The molecule has 1 aromatic carbocycles. The summed E-state index contributed by atoms with van der Waals surface area (Å²) in [6.45, 7) is 7.64. The maximum Gasteiger partial charge on any atom is 0.332 e. The summed E-state index contributed by atoms with van der Waals surface area (Å²) in [4.78, 5) is 22.1. The average molecular weight is 543 g/mol. The molecule has 0 aliphatic carbocycles. The largest absolute Gasteiger partial charge is 1.00 e. The first-order valence-corrected chi connectivity index (χ1v) is 14.2. The molecule has 2 atom stereocenters. The number of fused-ring (bicyclic) bond motifs is 3. The third-order valence-electron chi connectivity index (χ3n) is 8.65. The van der Waals surface area contributed by atoms with E-state index in [4.69, 9.17) is 14.2 Å². The lowest BCUT2D eigenvalue weighted by Gasteiger charge is -2.52. The molecule has 2 aromatic heterocycles. The molecule has 37 heavy (non-hydrogen) atoms. The summed E-state index contributed by atoms with van der Waals surface area (Å²) in [6, 6.07) is 14.0. The van der Waals surface area contributed by atoms with E-state index in [-0.39, 0.29) is 24.5 Å². The SMILES string of the molecule is CC(C(=O)O[C@H]1C[N+]2(Cc3noc(-c4ccccc4)n3)CCC1CC2)(c1cccs1)N1CCCCC1.[Cl-]. The molecule has 0 amide bonds. The Labute approximate surface area is 228 Å². The molecule has 4 aliphatic heterocycles. The number of ether oxygens (including phenoxy) is 1. The second-order valence-electron chi connectivity index (χ2n) is 10.9. The Morgan fingerprint density at radius 2 is 1.89 bits per heavy atom. The Kier molecular flexibility index (Phi) is 7.73. The molecular weight excluding hydrogens is 508 g/mol. The first-order chi connectivity index (χ1) is 17.6. The van der Waals surface area contributed by atoms with Crippen molar-refractivity contribution in [3.8, 4) is 11.5 Å². The van der Waals surface area contributed by atoms with Gasteiger partial charge in [0.15, 0.2) is 11.6 Å². The van der Waals surface area contributed by atoms with Gasteiger partial charge in [0.2, 0.25) is 5.82 Å². The normalized spacial score (nSPS) is 27.3. The number of esters is 1. The van der Waals surface area contributed by atoms with Crippen LogP contribution in [0.25, 0.3) is 11.5 Å². The van der Waals surface area contributed by atoms with Gasteiger partial charge in [-0.05, 0) is 56.4 Å². The van der Waals surface area contributed by atoms with Gasteiger partial charge in [-0.25, -0.2) is 4.79 Å². The first kappa shape index (κ1) is 26.4. The third-order valence-corrected chi connectivity index (χ3v) is 9.73. The van der Waals surface area contributed by atoms with Crippen molar-refractivity contribution in [3.05, 3.63) is 58.5 Å². The third kappa shape index (κ3) is 5.09. The van der Waals surface area contributed by atoms with E-state index in [1.807, 2.05) is 36.4 Å². The fourth-order valence-electron chi connectivity index (χ4n) is 6.43. The number of rotatable bonds is 7. The van der Waals surface area contributed by atoms with Crippen molar-refractivity contribution in [2.24, 2.45) is 5.92 Å². The number of halogens is 1. The molecule has 0 radical (unpaired) electrons. The fourth-order valence-corrected chi connectivity index (χ4v) is 7.33. The van der Waals surface area contributed by atoms with E-state index in [1.54, 1.807) is 11.3 Å². The van der Waals surface area contributed by atoms with Crippen molar-refractivity contribution < 1.29 is 30.9 Å². The van der Waals surface area contributed by atoms with Crippen molar-refractivity contribution in [3.63, 3.8) is 0 Å². The average Bonchev–Trinajstić information content (AvgIpc) is 3.63. The Morgan fingerprint density at radius 1 is 1.14 bits per heavy atom. The molecule has 198 valence electrons. The van der Waals surface area contributed by atoms with E-state index in [2.05, 4.69) is 28.4 Å². The van der Waals surface area contributed by atoms with Gasteiger partial charge in [-0.15, -0.1) is 11.3 Å². The molecule has 6 heterocycles. The molecule has 0 N–H and O–H groups in total. The molecular formula is C28H35ClN4O3S. The standard InChI is InChI=1S/C28H35N4O3S.ClH/c1-28(24-11-8-18-36-24,31-14-6-3-7-15-31)27(33)34-23-19-32(16-12-21(23)13-17-32)20-25-29-26(35-30-25)22-9-4-2-5-10-22;/h2,4-5,8-11,18,21,23H,3,6-7,12-17,19-20H2,1H3;1H/q+1;/p-1/t21?,23-,28?,32?;/m0./s1. The molecule has 4 fully saturated rings. The van der Waals surface area contributed by atoms with Gasteiger partial charge in [-0.2, -0.15) is 4.98 Å². The van der Waals surface area contributed by atoms with Gasteiger partial charge in [-0.1, -0.05) is 35.8 Å². The number of benzene rings is 1. The number of hydrogen-bond donors (Lipinski definition) is 0. The van der Waals surface area contributed by atoms with Crippen LogP contribution in [0, 0.1) is 5.92 Å². The van der Waals surface area contributed by atoms with Crippen LogP contribution in [-0.2, 0) is 21.6 Å². The minimum Gasteiger partial charge on any atom is -1.00 e. The lowest BCUT2D eigenvalue weighted by molar-refractivity contribution is -0.958. The number of carbonyl (C=O) groups is 1. The zero-order valence-corrected chi connectivity index (χ0v) is 22.9. The van der Waals surface area contributed by atoms with Crippen LogP contribution in [-0.4, -0.2) is 64.3 Å². The molecule has 3 aromatic rings. The number of quaternary nitrogens is 1. The van der Waals surface area contributed by atoms with E-state index in [0.717, 1.165) is 79.2 Å². The minimum atomic E-state index is -0.719. The smallest absolute Gasteiger partial charge is 0.332 e. The lowest BCUT2D eigenvalue weighted by Crippen LogP contribution is -3.00. The van der Waals surface area contributed by atoms with Crippen molar-refractivity contribution >= 4 is 17.3 Å². The van der Waals surface area contributed by atoms with Gasteiger partial charge in [0.25, 0.3) is 5.89 Å². The highest BCUT2D eigenvalue weighted by atomic mass is 35.5. The number of carbonyl (C=O) groups excluding carboxylic acids is 1. The summed E-state index contributed by atoms with van der Waals surface area (Å²) < 4.78 is 12.9. The fraction of sp³-hybridized carbons (Fsp3) is 0.536. The van der Waals surface area contributed by atoms with E-state index in [9.17, 15) is 4.79 Å². The number of nitrogens with zero attached hydrogens (tertiary/aromatic N) is 4. The minimum absolute atomic E-state index is 0. The summed E-state index contributed by atoms with van der Waals surface area (Å²) in [7, 11) is 0. The topological polar surface area (TPSA) is 68.5 Å². The van der Waals surface area contributed by atoms with Crippen LogP contribution in [0.15, 0.2) is 52.4 Å². The first-order valence-electron chi connectivity index (χ1n) is 13.3. The predicted molar refractivity (Wildman–Crippen MR) is 138 cm³/mol. The van der Waals surface area contributed by atoms with E-state index >= 15 is 0 Å². The number of aromatic nitrogens is 2. The zero-order valence-electron chi connectivity index (χ0n) is 21.4. The lowest BCUT2D eigenvalue weighted by atomic mass is 9.83. The molecule has 0 spiro atoms.